The smallest absolute Gasteiger partial charge is 0.256 e. The van der Waals surface area contributed by atoms with E-state index in [9.17, 15) is 9.59 Å². The fourth-order valence-corrected chi connectivity index (χ4v) is 3.90. The van der Waals surface area contributed by atoms with Gasteiger partial charge in [-0.25, -0.2) is 0 Å². The first-order valence-corrected chi connectivity index (χ1v) is 9.25. The Hall–Kier alpha value is -2.44. The van der Waals surface area contributed by atoms with Crippen molar-refractivity contribution in [3.8, 4) is 0 Å². The maximum atomic E-state index is 12.8. The Bertz CT molecular complexity index is 892. The lowest BCUT2D eigenvalue weighted by atomic mass is 10.1. The van der Waals surface area contributed by atoms with Crippen LogP contribution in [0.2, 0.25) is 0 Å². The number of aromatic nitrogens is 1. The van der Waals surface area contributed by atoms with E-state index >= 15 is 0 Å². The van der Waals surface area contributed by atoms with Crippen molar-refractivity contribution < 1.29 is 9.59 Å². The molecule has 1 N–H and O–H groups in total. The van der Waals surface area contributed by atoms with Crippen LogP contribution in [0.5, 0.6) is 0 Å². The van der Waals surface area contributed by atoms with Crippen molar-refractivity contribution in [1.82, 2.24) is 14.8 Å². The van der Waals surface area contributed by atoms with Crippen LogP contribution in [0.25, 0.3) is 10.9 Å². The molecular weight excluding hydrogens is 334 g/mol. The van der Waals surface area contributed by atoms with Gasteiger partial charge in [-0.15, -0.1) is 11.3 Å². The van der Waals surface area contributed by atoms with Gasteiger partial charge in [-0.05, 0) is 17.5 Å². The highest BCUT2D eigenvalue weighted by Gasteiger charge is 2.25. The number of hydrogen-bond acceptors (Lipinski definition) is 4. The Balaban J connectivity index is 1.38. The Morgan fingerprint density at radius 1 is 1.04 bits per heavy atom. The normalized spacial score (nSPS) is 15.6. The van der Waals surface area contributed by atoms with Crippen LogP contribution in [0, 0.1) is 0 Å². The molecule has 1 aliphatic heterocycles. The first kappa shape index (κ1) is 16.1. The lowest BCUT2D eigenvalue weighted by Crippen LogP contribution is -2.49. The van der Waals surface area contributed by atoms with E-state index in [1.807, 2.05) is 46.7 Å². The predicted octanol–water partition coefficient (Wildman–Crippen LogP) is 2.87. The summed E-state index contributed by atoms with van der Waals surface area (Å²) in [4.78, 5) is 33.0. The van der Waals surface area contributed by atoms with E-state index in [0.717, 1.165) is 34.4 Å². The minimum Gasteiger partial charge on any atom is -0.360 e. The largest absolute Gasteiger partial charge is 0.360 e. The summed E-state index contributed by atoms with van der Waals surface area (Å²) in [6, 6.07) is 11.6. The van der Waals surface area contributed by atoms with Gasteiger partial charge in [0.1, 0.15) is 0 Å². The second kappa shape index (κ2) is 6.82. The number of piperazine rings is 1. The van der Waals surface area contributed by atoms with Crippen LogP contribution in [0.15, 0.2) is 48.0 Å². The Kier molecular flexibility index (Phi) is 4.38. The molecule has 3 heterocycles. The van der Waals surface area contributed by atoms with Crippen LogP contribution in [-0.2, 0) is 0 Å². The molecule has 128 valence electrons. The number of nitrogens with zero attached hydrogens (tertiary/aromatic N) is 2. The van der Waals surface area contributed by atoms with Crippen LogP contribution < -0.4 is 0 Å². The Morgan fingerprint density at radius 3 is 2.60 bits per heavy atom. The van der Waals surface area contributed by atoms with Crippen LogP contribution in [-0.4, -0.2) is 59.2 Å². The second-order valence-corrected chi connectivity index (χ2v) is 7.16. The molecule has 0 spiro atoms. The number of aromatic amines is 1. The van der Waals surface area contributed by atoms with Crippen LogP contribution >= 0.6 is 11.3 Å². The molecule has 0 atom stereocenters. The summed E-state index contributed by atoms with van der Waals surface area (Å²) in [5, 5.41) is 2.88. The van der Waals surface area contributed by atoms with Crippen molar-refractivity contribution in [2.45, 2.75) is 0 Å². The highest BCUT2D eigenvalue weighted by atomic mass is 32.1. The molecule has 2 aromatic heterocycles. The van der Waals surface area contributed by atoms with E-state index in [1.54, 1.807) is 6.20 Å². The molecule has 5 nitrogen and oxygen atoms in total. The first-order chi connectivity index (χ1) is 12.2. The van der Waals surface area contributed by atoms with Crippen molar-refractivity contribution in [2.24, 2.45) is 0 Å². The maximum Gasteiger partial charge on any atom is 0.256 e. The van der Waals surface area contributed by atoms with Crippen LogP contribution in [0.4, 0.5) is 0 Å². The molecule has 1 aliphatic rings. The monoisotopic (exact) mass is 353 g/mol. The quantitative estimate of drug-likeness (QED) is 0.734. The highest BCUT2D eigenvalue weighted by molar-refractivity contribution is 7.12. The van der Waals surface area contributed by atoms with Gasteiger partial charge in [-0.1, -0.05) is 24.3 Å². The Labute approximate surface area is 149 Å². The minimum atomic E-state index is 0.0571. The number of thiophene rings is 1. The van der Waals surface area contributed by atoms with E-state index in [0.29, 0.717) is 19.6 Å². The third kappa shape index (κ3) is 3.23. The van der Waals surface area contributed by atoms with Gasteiger partial charge in [0.15, 0.2) is 5.78 Å². The number of amides is 1. The van der Waals surface area contributed by atoms with Crippen molar-refractivity contribution in [1.29, 1.82) is 0 Å². The number of nitrogens with one attached hydrogen (secondary N) is 1. The number of ketones is 1. The van der Waals surface area contributed by atoms with Crippen molar-refractivity contribution in [3.05, 3.63) is 58.4 Å². The zero-order chi connectivity index (χ0) is 17.2. The molecule has 25 heavy (non-hydrogen) atoms. The van der Waals surface area contributed by atoms with Gasteiger partial charge in [0.25, 0.3) is 5.91 Å². The standard InChI is InChI=1S/C19H19N3O2S/c23-17(18-6-3-11-25-18)13-21-7-9-22(10-8-21)19(24)15-12-20-16-5-2-1-4-14(15)16/h1-6,11-12,20H,7-10,13H2. The summed E-state index contributed by atoms with van der Waals surface area (Å²) in [5.74, 6) is 0.216. The predicted molar refractivity (Wildman–Crippen MR) is 99.3 cm³/mol. The number of hydrogen-bond donors (Lipinski definition) is 1. The minimum absolute atomic E-state index is 0.0571. The summed E-state index contributed by atoms with van der Waals surface area (Å²) in [5.41, 5.74) is 1.70. The average molecular weight is 353 g/mol. The molecule has 1 amide bonds. The van der Waals surface area contributed by atoms with Crippen molar-refractivity contribution in [3.63, 3.8) is 0 Å². The molecule has 3 aromatic rings. The SMILES string of the molecule is O=C(CN1CCN(C(=O)c2c[nH]c3ccccc23)CC1)c1cccs1. The maximum absolute atomic E-state index is 12.8. The molecule has 1 fully saturated rings. The van der Waals surface area contributed by atoms with Gasteiger partial charge in [0.2, 0.25) is 0 Å². The summed E-state index contributed by atoms with van der Waals surface area (Å²) >= 11 is 1.48. The van der Waals surface area contributed by atoms with Crippen LogP contribution in [0.1, 0.15) is 20.0 Å². The summed E-state index contributed by atoms with van der Waals surface area (Å²) in [7, 11) is 0. The van der Waals surface area contributed by atoms with Crippen molar-refractivity contribution in [2.75, 3.05) is 32.7 Å². The van der Waals surface area contributed by atoms with E-state index in [4.69, 9.17) is 0 Å². The molecule has 4 rings (SSSR count). The summed E-state index contributed by atoms with van der Waals surface area (Å²) < 4.78 is 0. The number of benzene rings is 1. The average Bonchev–Trinajstić information content (AvgIpc) is 3.32. The third-order valence-corrected chi connectivity index (χ3v) is 5.55. The molecule has 1 aromatic carbocycles. The molecule has 0 aliphatic carbocycles. The summed E-state index contributed by atoms with van der Waals surface area (Å²) in [6.45, 7) is 3.18. The third-order valence-electron chi connectivity index (χ3n) is 4.64. The van der Waals surface area contributed by atoms with Gasteiger partial charge < -0.3 is 9.88 Å². The van der Waals surface area contributed by atoms with Crippen LogP contribution in [0.3, 0.4) is 0 Å². The van der Waals surface area contributed by atoms with E-state index in [2.05, 4.69) is 9.88 Å². The number of Topliss-reactive ketones (excluding diaryl/α,β-unsaturated/α-hetero) is 1. The van der Waals surface area contributed by atoms with E-state index < -0.39 is 0 Å². The zero-order valence-electron chi connectivity index (χ0n) is 13.8. The molecule has 1 saturated heterocycles. The lowest BCUT2D eigenvalue weighted by molar-refractivity contribution is 0.0627. The molecule has 0 radical (unpaired) electrons. The molecule has 0 bridgehead atoms. The molecule has 0 saturated carbocycles. The number of H-pyrrole nitrogens is 1. The number of para-hydroxylation sites is 1. The topological polar surface area (TPSA) is 56.4 Å². The van der Waals surface area contributed by atoms with Crippen molar-refractivity contribution >= 4 is 33.9 Å². The van der Waals surface area contributed by atoms with Gasteiger partial charge in [0, 0.05) is 43.3 Å². The summed E-state index contributed by atoms with van der Waals surface area (Å²) in [6.07, 6.45) is 1.79. The lowest BCUT2D eigenvalue weighted by Gasteiger charge is -2.34. The molecule has 0 unspecified atom stereocenters. The van der Waals surface area contributed by atoms with Gasteiger partial charge in [-0.3, -0.25) is 14.5 Å². The highest BCUT2D eigenvalue weighted by Crippen LogP contribution is 2.20. The number of carbonyl (C=O) groups is 2. The molecule has 6 heteroatoms. The second-order valence-electron chi connectivity index (χ2n) is 6.22. The first-order valence-electron chi connectivity index (χ1n) is 8.37. The number of rotatable bonds is 4. The Morgan fingerprint density at radius 2 is 1.84 bits per heavy atom. The zero-order valence-corrected chi connectivity index (χ0v) is 14.6. The fourth-order valence-electron chi connectivity index (χ4n) is 3.25. The van der Waals surface area contributed by atoms with E-state index in [-0.39, 0.29) is 11.7 Å². The fraction of sp³-hybridized carbons (Fsp3) is 0.263. The van der Waals surface area contributed by atoms with E-state index in [1.165, 1.54) is 11.3 Å². The number of fused-ring (bicyclic) bond motifs is 1. The van der Waals surface area contributed by atoms with Gasteiger partial charge in [0.05, 0.1) is 17.0 Å². The van der Waals surface area contributed by atoms with Gasteiger partial charge >= 0.3 is 0 Å². The van der Waals surface area contributed by atoms with Gasteiger partial charge in [-0.2, -0.15) is 0 Å². The molecular formula is C19H19N3O2S. The number of carbonyl (C=O) groups excluding carboxylic acids is 2.